The lowest BCUT2D eigenvalue weighted by Gasteiger charge is -1.88. The number of hydrogen-bond donors (Lipinski definition) is 1. The van der Waals surface area contributed by atoms with Crippen LogP contribution in [-0.2, 0) is 0 Å². The van der Waals surface area contributed by atoms with Crippen molar-refractivity contribution in [2.45, 2.75) is 0 Å². The third-order valence-corrected chi connectivity index (χ3v) is 1.94. The molecule has 0 amide bonds. The number of aromatic nitrogens is 3. The van der Waals surface area contributed by atoms with Gasteiger partial charge < -0.3 is 4.98 Å². The molecular weight excluding hydrogens is 194 g/mol. The monoisotopic (exact) mass is 197 g/mol. The first-order chi connectivity index (χ1) is 4.88. The Morgan fingerprint density at radius 1 is 1.40 bits per heavy atom. The maximum absolute atomic E-state index is 4.03. The number of aromatic amines is 1. The third kappa shape index (κ3) is 0.724. The van der Waals surface area contributed by atoms with Gasteiger partial charge in [0.05, 0.1) is 11.8 Å². The molecule has 0 saturated carbocycles. The van der Waals surface area contributed by atoms with Crippen molar-refractivity contribution < 1.29 is 0 Å². The normalized spacial score (nSPS) is 10.5. The van der Waals surface area contributed by atoms with Crippen LogP contribution < -0.4 is 0 Å². The first kappa shape index (κ1) is 5.85. The topological polar surface area (TPSA) is 41.6 Å². The molecule has 2 aromatic rings. The number of hydrogen-bond acceptors (Lipinski definition) is 2. The van der Waals surface area contributed by atoms with Crippen LogP contribution in [-0.4, -0.2) is 15.0 Å². The van der Waals surface area contributed by atoms with Crippen LogP contribution in [0.25, 0.3) is 11.2 Å². The molecule has 0 aromatic carbocycles. The van der Waals surface area contributed by atoms with Crippen LogP contribution in [0.1, 0.15) is 0 Å². The van der Waals surface area contributed by atoms with E-state index in [1.165, 1.54) is 0 Å². The summed E-state index contributed by atoms with van der Waals surface area (Å²) >= 11 is 3.36. The quantitative estimate of drug-likeness (QED) is 0.700. The Morgan fingerprint density at radius 2 is 2.30 bits per heavy atom. The van der Waals surface area contributed by atoms with E-state index >= 15 is 0 Å². The minimum atomic E-state index is 0.745. The summed E-state index contributed by atoms with van der Waals surface area (Å²) in [6.07, 6.45) is 3.34. The largest absolute Gasteiger partial charge is 0.342 e. The predicted octanol–water partition coefficient (Wildman–Crippen LogP) is 1.72. The minimum Gasteiger partial charge on any atom is -0.342 e. The number of nitrogens with one attached hydrogen (secondary N) is 1. The molecule has 3 nitrogen and oxygen atoms in total. The lowest BCUT2D eigenvalue weighted by Crippen LogP contribution is -1.75. The molecule has 0 spiro atoms. The molecule has 10 heavy (non-hydrogen) atoms. The number of H-pyrrole nitrogens is 1. The second-order valence-electron chi connectivity index (χ2n) is 1.89. The van der Waals surface area contributed by atoms with E-state index in [9.17, 15) is 0 Å². The van der Waals surface area contributed by atoms with Crippen LogP contribution >= 0.6 is 15.9 Å². The Balaban J connectivity index is 2.95. The van der Waals surface area contributed by atoms with Crippen molar-refractivity contribution in [2.75, 3.05) is 0 Å². The van der Waals surface area contributed by atoms with Gasteiger partial charge in [-0.05, 0) is 22.0 Å². The van der Waals surface area contributed by atoms with Crippen molar-refractivity contribution in [3.05, 3.63) is 23.1 Å². The average Bonchev–Trinajstić information content (AvgIpc) is 2.36. The fourth-order valence-corrected chi connectivity index (χ4v) is 1.23. The zero-order valence-corrected chi connectivity index (χ0v) is 6.59. The maximum atomic E-state index is 4.03. The van der Waals surface area contributed by atoms with Gasteiger partial charge in [-0.15, -0.1) is 0 Å². The summed E-state index contributed by atoms with van der Waals surface area (Å²) in [6.45, 7) is 0. The Bertz CT molecular complexity index is 355. The number of rotatable bonds is 0. The standard InChI is InChI=1S/C6H4BrN3/c7-4-1-2-8-6-5(4)9-3-10-6/h1-3H,(H,8,9,10). The molecule has 0 saturated heterocycles. The van der Waals surface area contributed by atoms with Crippen molar-refractivity contribution in [2.24, 2.45) is 0 Å². The summed E-state index contributed by atoms with van der Waals surface area (Å²) in [5.74, 6) is 0. The van der Waals surface area contributed by atoms with Crippen LogP contribution in [0.15, 0.2) is 23.1 Å². The van der Waals surface area contributed by atoms with Gasteiger partial charge in [-0.2, -0.15) is 0 Å². The Morgan fingerprint density at radius 3 is 3.10 bits per heavy atom. The van der Waals surface area contributed by atoms with Crippen molar-refractivity contribution >= 4 is 27.1 Å². The Labute approximate surface area is 65.6 Å². The Hall–Kier alpha value is -0.900. The summed E-state index contributed by atoms with van der Waals surface area (Å²) in [7, 11) is 0. The van der Waals surface area contributed by atoms with E-state index in [1.807, 2.05) is 6.07 Å². The molecule has 50 valence electrons. The zero-order chi connectivity index (χ0) is 6.97. The molecular formula is C6H4BrN3. The van der Waals surface area contributed by atoms with Crippen LogP contribution in [0.5, 0.6) is 0 Å². The van der Waals surface area contributed by atoms with E-state index in [1.54, 1.807) is 12.5 Å². The highest BCUT2D eigenvalue weighted by atomic mass is 79.9. The van der Waals surface area contributed by atoms with Gasteiger partial charge in [-0.3, -0.25) is 0 Å². The van der Waals surface area contributed by atoms with E-state index in [0.717, 1.165) is 15.6 Å². The van der Waals surface area contributed by atoms with Crippen LogP contribution in [0.3, 0.4) is 0 Å². The van der Waals surface area contributed by atoms with Crippen molar-refractivity contribution in [3.8, 4) is 0 Å². The SMILES string of the molecule is Brc1ccnc2nc[nH]c12. The van der Waals surface area contributed by atoms with Gasteiger partial charge in [0.1, 0.15) is 0 Å². The summed E-state index contributed by atoms with van der Waals surface area (Å²) in [5.41, 5.74) is 1.69. The molecule has 0 radical (unpaired) electrons. The lowest BCUT2D eigenvalue weighted by atomic mass is 10.4. The molecule has 0 bridgehead atoms. The summed E-state index contributed by atoms with van der Waals surface area (Å²) < 4.78 is 0.995. The van der Waals surface area contributed by atoms with Gasteiger partial charge in [0.2, 0.25) is 0 Å². The second kappa shape index (κ2) is 2.05. The summed E-state index contributed by atoms with van der Waals surface area (Å²) in [5, 5.41) is 0. The van der Waals surface area contributed by atoms with Gasteiger partial charge in [0, 0.05) is 10.7 Å². The number of imidazole rings is 1. The molecule has 0 atom stereocenters. The van der Waals surface area contributed by atoms with Crippen molar-refractivity contribution in [1.82, 2.24) is 15.0 Å². The molecule has 2 rings (SSSR count). The fraction of sp³-hybridized carbons (Fsp3) is 0. The van der Waals surface area contributed by atoms with Gasteiger partial charge in [0.15, 0.2) is 5.65 Å². The van der Waals surface area contributed by atoms with E-state index < -0.39 is 0 Å². The first-order valence-corrected chi connectivity index (χ1v) is 3.61. The van der Waals surface area contributed by atoms with E-state index in [2.05, 4.69) is 30.9 Å². The molecule has 0 aliphatic rings. The number of fused-ring (bicyclic) bond motifs is 1. The molecule has 2 aromatic heterocycles. The highest BCUT2D eigenvalue weighted by Crippen LogP contribution is 2.17. The first-order valence-electron chi connectivity index (χ1n) is 2.81. The molecule has 0 aliphatic carbocycles. The highest BCUT2D eigenvalue weighted by molar-refractivity contribution is 9.10. The molecule has 4 heteroatoms. The highest BCUT2D eigenvalue weighted by Gasteiger charge is 1.98. The fourth-order valence-electron chi connectivity index (χ4n) is 0.817. The van der Waals surface area contributed by atoms with Gasteiger partial charge >= 0.3 is 0 Å². The molecule has 1 N–H and O–H groups in total. The second-order valence-corrected chi connectivity index (χ2v) is 2.75. The van der Waals surface area contributed by atoms with Crippen molar-refractivity contribution in [3.63, 3.8) is 0 Å². The number of nitrogens with zero attached hydrogens (tertiary/aromatic N) is 2. The predicted molar refractivity (Wildman–Crippen MR) is 41.6 cm³/mol. The Kier molecular flexibility index (Phi) is 1.20. The van der Waals surface area contributed by atoms with E-state index in [0.29, 0.717) is 0 Å². The molecule has 0 aliphatic heterocycles. The van der Waals surface area contributed by atoms with E-state index in [-0.39, 0.29) is 0 Å². The number of pyridine rings is 1. The van der Waals surface area contributed by atoms with Gasteiger partial charge in [-0.1, -0.05) is 0 Å². The smallest absolute Gasteiger partial charge is 0.178 e. The van der Waals surface area contributed by atoms with Crippen LogP contribution in [0, 0.1) is 0 Å². The van der Waals surface area contributed by atoms with Gasteiger partial charge in [-0.25, -0.2) is 9.97 Å². The zero-order valence-electron chi connectivity index (χ0n) is 5.00. The van der Waals surface area contributed by atoms with Crippen molar-refractivity contribution in [1.29, 1.82) is 0 Å². The molecule has 0 fully saturated rings. The third-order valence-electron chi connectivity index (χ3n) is 1.28. The maximum Gasteiger partial charge on any atom is 0.178 e. The van der Waals surface area contributed by atoms with E-state index in [4.69, 9.17) is 0 Å². The molecule has 2 heterocycles. The van der Waals surface area contributed by atoms with Crippen LogP contribution in [0.2, 0.25) is 0 Å². The lowest BCUT2D eigenvalue weighted by molar-refractivity contribution is 1.30. The summed E-state index contributed by atoms with van der Waals surface area (Å²) in [6, 6.07) is 1.88. The summed E-state index contributed by atoms with van der Waals surface area (Å²) in [4.78, 5) is 11.0. The average molecular weight is 198 g/mol. The van der Waals surface area contributed by atoms with Crippen LogP contribution in [0.4, 0.5) is 0 Å². The molecule has 0 unspecified atom stereocenters. The van der Waals surface area contributed by atoms with Gasteiger partial charge in [0.25, 0.3) is 0 Å². The number of halogens is 1. The minimum absolute atomic E-state index is 0.745.